The number of likely N-dealkylation sites (N-methyl/N-ethyl adjacent to an activating group) is 1. The number of nitrogens with one attached hydrogen (secondary N) is 3. The van der Waals surface area contributed by atoms with E-state index >= 15 is 4.79 Å². The molecule has 79 heavy (non-hydrogen) atoms. The topological polar surface area (TPSA) is 221 Å². The lowest BCUT2D eigenvalue weighted by molar-refractivity contribution is -0.228. The van der Waals surface area contributed by atoms with Crippen molar-refractivity contribution in [2.75, 3.05) is 71.3 Å². The van der Waals surface area contributed by atoms with Crippen LogP contribution in [0.25, 0.3) is 10.9 Å². The third-order valence-corrected chi connectivity index (χ3v) is 19.3. The van der Waals surface area contributed by atoms with Crippen LogP contribution in [0.1, 0.15) is 96.9 Å². The molecule has 3 fully saturated rings. The van der Waals surface area contributed by atoms with Crippen molar-refractivity contribution in [3.8, 4) is 5.75 Å². The molecule has 1 saturated carbocycles. The van der Waals surface area contributed by atoms with E-state index in [1.807, 2.05) is 73.5 Å². The lowest BCUT2D eigenvalue weighted by Crippen LogP contribution is -2.81. The van der Waals surface area contributed by atoms with Crippen molar-refractivity contribution < 1.29 is 48.0 Å². The Bertz CT molecular complexity index is 3350. The van der Waals surface area contributed by atoms with E-state index in [4.69, 9.17) is 18.9 Å². The van der Waals surface area contributed by atoms with Crippen LogP contribution in [0.5, 0.6) is 5.75 Å². The molecule has 1 aliphatic carbocycles. The van der Waals surface area contributed by atoms with Crippen molar-refractivity contribution in [2.24, 2.45) is 11.3 Å². The lowest BCUT2D eigenvalue weighted by atomic mass is 9.47. The molecule has 0 radical (unpaired) electrons. The van der Waals surface area contributed by atoms with Crippen molar-refractivity contribution in [3.63, 3.8) is 0 Å². The summed E-state index contributed by atoms with van der Waals surface area (Å²) in [5.41, 5.74) is 0.806. The van der Waals surface area contributed by atoms with Crippen LogP contribution in [-0.4, -0.2) is 155 Å². The minimum absolute atomic E-state index is 0.185. The average molecular weight is 1080 g/mol. The maximum absolute atomic E-state index is 15.9. The Labute approximate surface area is 459 Å². The highest BCUT2D eigenvalue weighted by Crippen LogP contribution is 2.68. The SMILES string of the molecule is CC[C@]1(NC(=O)N2Cc3ccc(NC(=O)c4cccnn4)cc3C2)C[C@H]2CN(CCc3c([nH]c4ccccc34)[C@@](C(=O)OC)(c3cc4c(cc3OC)N(C)[C@H]3[C@@](O)(C(=O)OC)[C@H](OC(C)=O)[C@]5(CC)C=CCN6CC[C@]43[C@@H]65)C2)C1. The van der Waals surface area contributed by atoms with E-state index in [0.29, 0.717) is 106 Å². The van der Waals surface area contributed by atoms with E-state index in [2.05, 4.69) is 54.7 Å². The van der Waals surface area contributed by atoms with Crippen molar-refractivity contribution in [1.29, 1.82) is 0 Å². The molecular formula is C60H69N9O10. The third-order valence-electron chi connectivity index (χ3n) is 19.3. The Morgan fingerprint density at radius 3 is 2.42 bits per heavy atom. The molecule has 3 aromatic carbocycles. The van der Waals surface area contributed by atoms with Gasteiger partial charge in [0.05, 0.1) is 32.9 Å². The number of carbonyl (C=O) groups is 5. The number of methoxy groups -OCH3 is 3. The first-order chi connectivity index (χ1) is 38.0. The number of urea groups is 1. The molecule has 19 heteroatoms. The molecule has 6 aliphatic heterocycles. The fourth-order valence-corrected chi connectivity index (χ4v) is 16.3. The molecule has 1 unspecified atom stereocenters. The minimum atomic E-state index is -2.36. The first-order valence-corrected chi connectivity index (χ1v) is 27.6. The van der Waals surface area contributed by atoms with Gasteiger partial charge in [-0.25, -0.2) is 9.59 Å². The first-order valence-electron chi connectivity index (χ1n) is 27.6. The Kier molecular flexibility index (Phi) is 12.7. The van der Waals surface area contributed by atoms with Crippen molar-refractivity contribution >= 4 is 52.1 Å². The zero-order valence-electron chi connectivity index (χ0n) is 45.9. The number of esters is 3. The van der Waals surface area contributed by atoms with Crippen LogP contribution in [0.15, 0.2) is 85.1 Å². The number of anilines is 2. The fraction of sp³-hybridized carbons (Fsp3) is 0.483. The zero-order chi connectivity index (χ0) is 55.4. The highest BCUT2D eigenvalue weighted by molar-refractivity contribution is 6.03. The molecular weight excluding hydrogens is 1010 g/mol. The molecule has 414 valence electrons. The Balaban J connectivity index is 0.967. The quantitative estimate of drug-likeness (QED) is 0.0742. The van der Waals surface area contributed by atoms with Crippen LogP contribution in [0, 0.1) is 11.3 Å². The number of nitrogens with zero attached hydrogens (tertiary/aromatic N) is 6. The molecule has 4 N–H and O–H groups in total. The molecule has 3 amide bonds. The second-order valence-electron chi connectivity index (χ2n) is 23.1. The first kappa shape index (κ1) is 52.4. The fourth-order valence-electron chi connectivity index (χ4n) is 16.3. The Hall–Kier alpha value is -7.35. The molecule has 1 spiro atoms. The number of aromatic nitrogens is 3. The number of amides is 3. The van der Waals surface area contributed by atoms with Gasteiger partial charge in [0.25, 0.3) is 5.91 Å². The highest BCUT2D eigenvalue weighted by Gasteiger charge is 2.80. The number of aromatic amines is 1. The van der Waals surface area contributed by atoms with Gasteiger partial charge in [-0.1, -0.05) is 50.3 Å². The molecule has 8 heterocycles. The number of H-pyrrole nitrogens is 1. The largest absolute Gasteiger partial charge is 0.496 e. The molecule has 2 saturated heterocycles. The second-order valence-corrected chi connectivity index (χ2v) is 23.1. The Morgan fingerprint density at radius 1 is 0.886 bits per heavy atom. The van der Waals surface area contributed by atoms with Gasteiger partial charge < -0.3 is 54.4 Å². The number of aliphatic hydroxyl groups is 1. The number of fused-ring (bicyclic) bond motifs is 7. The summed E-state index contributed by atoms with van der Waals surface area (Å²) in [5, 5.41) is 28.8. The van der Waals surface area contributed by atoms with Gasteiger partial charge in [-0.05, 0) is 110 Å². The highest BCUT2D eigenvalue weighted by atomic mass is 16.6. The number of ether oxygens (including phenoxy) is 4. The standard InChI is InChI=1S/C60H69N9O10/c1-8-56(64-55(74)69-32-37-17-18-39(26-38(37)33-69)62-49(71)45-16-12-22-61-65-45)29-36-30-59(53(72)77-6,48-41(19-24-67(31-36)34-56)40-14-10-11-15-44(40)63-48)43-27-42-46(28-47(43)76-5)66(4)51-58(42)21-25-68-23-13-20-57(9-2,50(58)68)52(79-35(3)70)60(51,75)54(73)78-7/h10-18,20,22,26-28,36,50-52,63,75H,8-9,19,21,23-25,29-34H2,1-7H3,(H,62,71)(H,64,74)/t36-,50+,51-,52-,56+,57-,58-,59+,60+/m1/s1. The van der Waals surface area contributed by atoms with E-state index < -0.39 is 57.4 Å². The average Bonchev–Trinajstić information content (AvgIpc) is 2.77. The zero-order valence-corrected chi connectivity index (χ0v) is 45.9. The van der Waals surface area contributed by atoms with Gasteiger partial charge in [-0.15, -0.1) is 5.10 Å². The van der Waals surface area contributed by atoms with E-state index in [1.54, 1.807) is 24.1 Å². The number of benzene rings is 3. The van der Waals surface area contributed by atoms with Crippen LogP contribution >= 0.6 is 0 Å². The van der Waals surface area contributed by atoms with E-state index in [1.165, 1.54) is 27.3 Å². The van der Waals surface area contributed by atoms with Crippen LogP contribution in [0.3, 0.4) is 0 Å². The van der Waals surface area contributed by atoms with Gasteiger partial charge in [-0.2, -0.15) is 5.10 Å². The molecule has 12 rings (SSSR count). The summed E-state index contributed by atoms with van der Waals surface area (Å²) in [6.07, 6.45) is 7.26. The van der Waals surface area contributed by atoms with Gasteiger partial charge in [-0.3, -0.25) is 19.3 Å². The molecule has 2 bridgehead atoms. The van der Waals surface area contributed by atoms with Crippen molar-refractivity contribution in [1.82, 2.24) is 35.2 Å². The summed E-state index contributed by atoms with van der Waals surface area (Å²) in [4.78, 5) is 83.9. The lowest BCUT2D eigenvalue weighted by Gasteiger charge is -2.63. The number of hydrogen-bond donors (Lipinski definition) is 4. The van der Waals surface area contributed by atoms with Gasteiger partial charge in [0, 0.05) is 116 Å². The van der Waals surface area contributed by atoms with Crippen LogP contribution in [-0.2, 0) is 58.9 Å². The van der Waals surface area contributed by atoms with Gasteiger partial charge in [0.15, 0.2) is 11.8 Å². The molecule has 5 aromatic rings. The van der Waals surface area contributed by atoms with Crippen molar-refractivity contribution in [3.05, 3.63) is 124 Å². The molecule has 2 aromatic heterocycles. The van der Waals surface area contributed by atoms with E-state index in [0.717, 1.165) is 33.2 Å². The van der Waals surface area contributed by atoms with Crippen molar-refractivity contribution in [2.45, 2.75) is 113 Å². The van der Waals surface area contributed by atoms with Crippen LogP contribution in [0.2, 0.25) is 0 Å². The van der Waals surface area contributed by atoms with E-state index in [-0.39, 0.29) is 36.0 Å². The predicted molar refractivity (Wildman–Crippen MR) is 292 cm³/mol. The summed E-state index contributed by atoms with van der Waals surface area (Å²) < 4.78 is 24.4. The molecule has 7 aliphatic rings. The van der Waals surface area contributed by atoms with Crippen LogP contribution < -0.4 is 20.3 Å². The minimum Gasteiger partial charge on any atom is -0.496 e. The van der Waals surface area contributed by atoms with Gasteiger partial charge in [0.1, 0.15) is 11.2 Å². The predicted octanol–water partition coefficient (Wildman–Crippen LogP) is 5.77. The summed E-state index contributed by atoms with van der Waals surface area (Å²) >= 11 is 0. The van der Waals surface area contributed by atoms with E-state index in [9.17, 15) is 24.3 Å². The number of rotatable bonds is 10. The maximum atomic E-state index is 15.9. The second kappa shape index (κ2) is 19.2. The summed E-state index contributed by atoms with van der Waals surface area (Å²) in [6.45, 7) is 9.28. The maximum Gasteiger partial charge on any atom is 0.344 e. The summed E-state index contributed by atoms with van der Waals surface area (Å²) in [5.74, 6) is -2.15. The smallest absolute Gasteiger partial charge is 0.344 e. The number of carbonyl (C=O) groups excluding carboxylic acids is 5. The monoisotopic (exact) mass is 1080 g/mol. The summed E-state index contributed by atoms with van der Waals surface area (Å²) in [6, 6.07) is 19.6. The summed E-state index contributed by atoms with van der Waals surface area (Å²) in [7, 11) is 6.13. The number of hydrogen-bond acceptors (Lipinski definition) is 15. The Morgan fingerprint density at radius 2 is 1.68 bits per heavy atom. The third kappa shape index (κ3) is 7.65. The number of piperidine rings is 1. The van der Waals surface area contributed by atoms with Gasteiger partial charge in [0.2, 0.25) is 5.60 Å². The normalized spacial score (nSPS) is 31.1. The number of para-hydroxylation sites is 1. The molecule has 19 nitrogen and oxygen atoms in total. The van der Waals surface area contributed by atoms with Crippen LogP contribution in [0.4, 0.5) is 16.2 Å². The van der Waals surface area contributed by atoms with Gasteiger partial charge >= 0.3 is 23.9 Å². The molecule has 10 atom stereocenters.